The largest absolute Gasteiger partial charge is 0.497 e. The Hall–Kier alpha value is -2.98. The standard InChI is InChI=1S/C25H34ClN3O6S/c1-6-7-13-27-25(31)18(2)28(16-19-9-8-10-20(26)14-19)24(30)17-29(36(5,32)33)22-15-21(34-3)11-12-23(22)35-4/h8-12,14-15,18H,6-7,13,16-17H2,1-5H3,(H,27,31). The molecule has 0 spiro atoms. The highest BCUT2D eigenvalue weighted by Crippen LogP contribution is 2.34. The fourth-order valence-electron chi connectivity index (χ4n) is 3.54. The first-order valence-electron chi connectivity index (χ1n) is 11.5. The molecule has 2 amide bonds. The molecule has 9 nitrogen and oxygen atoms in total. The van der Waals surface area contributed by atoms with Gasteiger partial charge in [-0.2, -0.15) is 0 Å². The van der Waals surface area contributed by atoms with Crippen molar-refractivity contribution in [2.45, 2.75) is 39.3 Å². The van der Waals surface area contributed by atoms with E-state index < -0.39 is 28.5 Å². The van der Waals surface area contributed by atoms with Crippen molar-refractivity contribution in [1.29, 1.82) is 0 Å². The lowest BCUT2D eigenvalue weighted by Crippen LogP contribution is -2.51. The molecule has 11 heteroatoms. The van der Waals surface area contributed by atoms with Crippen LogP contribution in [0.15, 0.2) is 42.5 Å². The van der Waals surface area contributed by atoms with Gasteiger partial charge < -0.3 is 19.7 Å². The van der Waals surface area contributed by atoms with Crippen LogP contribution in [0.25, 0.3) is 0 Å². The summed E-state index contributed by atoms with van der Waals surface area (Å²) in [6.45, 7) is 3.62. The number of carbonyl (C=O) groups is 2. The van der Waals surface area contributed by atoms with Crippen LogP contribution in [0.5, 0.6) is 11.5 Å². The van der Waals surface area contributed by atoms with Gasteiger partial charge in [0.15, 0.2) is 0 Å². The van der Waals surface area contributed by atoms with E-state index in [9.17, 15) is 18.0 Å². The van der Waals surface area contributed by atoms with Crippen molar-refractivity contribution in [2.24, 2.45) is 0 Å². The summed E-state index contributed by atoms with van der Waals surface area (Å²) in [5.74, 6) is -0.251. The molecule has 1 atom stereocenters. The number of methoxy groups -OCH3 is 2. The third-order valence-electron chi connectivity index (χ3n) is 5.57. The summed E-state index contributed by atoms with van der Waals surface area (Å²) in [4.78, 5) is 27.8. The maximum Gasteiger partial charge on any atom is 0.244 e. The molecular formula is C25H34ClN3O6S. The Kier molecular flexibility index (Phi) is 10.9. The number of halogens is 1. The Labute approximate surface area is 218 Å². The fraction of sp³-hybridized carbons (Fsp3) is 0.440. The Morgan fingerprint density at radius 3 is 2.42 bits per heavy atom. The van der Waals surface area contributed by atoms with Crippen molar-refractivity contribution < 1.29 is 27.5 Å². The molecule has 198 valence electrons. The van der Waals surface area contributed by atoms with Gasteiger partial charge in [-0.05, 0) is 43.2 Å². The molecule has 0 saturated heterocycles. The molecule has 36 heavy (non-hydrogen) atoms. The van der Waals surface area contributed by atoms with Crippen molar-refractivity contribution in [3.05, 3.63) is 53.1 Å². The van der Waals surface area contributed by atoms with Gasteiger partial charge in [0, 0.05) is 24.2 Å². The normalized spacial score (nSPS) is 11.9. The van der Waals surface area contributed by atoms with Gasteiger partial charge in [0.2, 0.25) is 21.8 Å². The molecule has 0 aliphatic heterocycles. The lowest BCUT2D eigenvalue weighted by Gasteiger charge is -2.32. The number of carbonyl (C=O) groups excluding carboxylic acids is 2. The zero-order valence-corrected chi connectivity index (χ0v) is 22.9. The van der Waals surface area contributed by atoms with Crippen molar-refractivity contribution in [3.8, 4) is 11.5 Å². The number of nitrogens with one attached hydrogen (secondary N) is 1. The lowest BCUT2D eigenvalue weighted by atomic mass is 10.1. The van der Waals surface area contributed by atoms with E-state index in [1.807, 2.05) is 6.92 Å². The van der Waals surface area contributed by atoms with E-state index >= 15 is 0 Å². The molecule has 2 aromatic rings. The highest BCUT2D eigenvalue weighted by molar-refractivity contribution is 7.92. The average molecular weight is 540 g/mol. The summed E-state index contributed by atoms with van der Waals surface area (Å²) in [6, 6.07) is 10.7. The van der Waals surface area contributed by atoms with E-state index in [1.165, 1.54) is 25.2 Å². The van der Waals surface area contributed by atoms with Gasteiger partial charge in [-0.25, -0.2) is 8.42 Å². The Morgan fingerprint density at radius 1 is 1.11 bits per heavy atom. The smallest absolute Gasteiger partial charge is 0.244 e. The fourth-order valence-corrected chi connectivity index (χ4v) is 4.59. The van der Waals surface area contributed by atoms with E-state index in [0.717, 1.165) is 23.4 Å². The van der Waals surface area contributed by atoms with Crippen LogP contribution in [-0.4, -0.2) is 64.7 Å². The number of benzene rings is 2. The second-order valence-electron chi connectivity index (χ2n) is 8.28. The van der Waals surface area contributed by atoms with Crippen LogP contribution >= 0.6 is 11.6 Å². The summed E-state index contributed by atoms with van der Waals surface area (Å²) in [5.41, 5.74) is 0.851. The highest BCUT2D eigenvalue weighted by Gasteiger charge is 2.31. The molecule has 0 fully saturated rings. The minimum atomic E-state index is -3.92. The topological polar surface area (TPSA) is 105 Å². The minimum Gasteiger partial charge on any atom is -0.497 e. The first-order chi connectivity index (χ1) is 17.0. The Morgan fingerprint density at radius 2 is 1.83 bits per heavy atom. The molecule has 0 aliphatic rings. The molecule has 0 bridgehead atoms. The van der Waals surface area contributed by atoms with Crippen LogP contribution in [0.1, 0.15) is 32.3 Å². The quantitative estimate of drug-likeness (QED) is 0.391. The highest BCUT2D eigenvalue weighted by atomic mass is 35.5. The van der Waals surface area contributed by atoms with E-state index in [2.05, 4.69) is 5.32 Å². The molecule has 1 N–H and O–H groups in total. The van der Waals surface area contributed by atoms with Crippen molar-refractivity contribution in [1.82, 2.24) is 10.2 Å². The molecule has 0 radical (unpaired) electrons. The van der Waals surface area contributed by atoms with Crippen LogP contribution in [0.4, 0.5) is 5.69 Å². The number of nitrogens with zero attached hydrogens (tertiary/aromatic N) is 2. The Bertz CT molecular complexity index is 1160. The van der Waals surface area contributed by atoms with Crippen molar-refractivity contribution in [3.63, 3.8) is 0 Å². The van der Waals surface area contributed by atoms with Crippen LogP contribution in [0.2, 0.25) is 5.02 Å². The molecule has 0 saturated carbocycles. The van der Waals surface area contributed by atoms with Crippen molar-refractivity contribution in [2.75, 3.05) is 37.9 Å². The number of sulfonamides is 1. The molecule has 0 aliphatic carbocycles. The monoisotopic (exact) mass is 539 g/mol. The van der Waals surface area contributed by atoms with Crippen LogP contribution in [0, 0.1) is 0 Å². The maximum atomic E-state index is 13.6. The van der Waals surface area contributed by atoms with Crippen LogP contribution in [-0.2, 0) is 26.2 Å². The van der Waals surface area contributed by atoms with Gasteiger partial charge in [0.05, 0.1) is 26.2 Å². The predicted molar refractivity (Wildman–Crippen MR) is 141 cm³/mol. The molecular weight excluding hydrogens is 506 g/mol. The second-order valence-corrected chi connectivity index (χ2v) is 10.6. The van der Waals surface area contributed by atoms with Gasteiger partial charge in [-0.15, -0.1) is 0 Å². The SMILES string of the molecule is CCCCNC(=O)C(C)N(Cc1cccc(Cl)c1)C(=O)CN(c1cc(OC)ccc1OC)S(C)(=O)=O. The first-order valence-corrected chi connectivity index (χ1v) is 13.8. The van der Waals surface area contributed by atoms with Gasteiger partial charge in [0.25, 0.3) is 0 Å². The minimum absolute atomic E-state index is 0.0641. The Balaban J connectivity index is 2.44. The maximum absolute atomic E-state index is 13.6. The lowest BCUT2D eigenvalue weighted by molar-refractivity contribution is -0.139. The van der Waals surface area contributed by atoms with E-state index in [1.54, 1.807) is 43.3 Å². The van der Waals surface area contributed by atoms with E-state index in [-0.39, 0.29) is 23.9 Å². The average Bonchev–Trinajstić information content (AvgIpc) is 2.84. The number of rotatable bonds is 13. The number of amides is 2. The third kappa shape index (κ3) is 8.03. The zero-order valence-electron chi connectivity index (χ0n) is 21.3. The van der Waals surface area contributed by atoms with Crippen LogP contribution < -0.4 is 19.1 Å². The number of unbranched alkanes of at least 4 members (excludes halogenated alkanes) is 1. The van der Waals surface area contributed by atoms with Gasteiger partial charge >= 0.3 is 0 Å². The van der Waals surface area contributed by atoms with Gasteiger partial charge in [-0.3, -0.25) is 13.9 Å². The summed E-state index contributed by atoms with van der Waals surface area (Å²) < 4.78 is 37.1. The first kappa shape index (κ1) is 29.3. The molecule has 2 rings (SSSR count). The second kappa shape index (κ2) is 13.4. The zero-order chi connectivity index (χ0) is 26.9. The van der Waals surface area contributed by atoms with E-state index in [4.69, 9.17) is 21.1 Å². The van der Waals surface area contributed by atoms with Gasteiger partial charge in [-0.1, -0.05) is 37.1 Å². The molecule has 1 unspecified atom stereocenters. The summed E-state index contributed by atoms with van der Waals surface area (Å²) in [7, 11) is -1.06. The molecule has 2 aromatic carbocycles. The number of hydrogen-bond donors (Lipinski definition) is 1. The summed E-state index contributed by atoms with van der Waals surface area (Å²) >= 11 is 6.12. The van der Waals surface area contributed by atoms with Crippen molar-refractivity contribution >= 4 is 39.1 Å². The molecule has 0 aromatic heterocycles. The number of ether oxygens (including phenoxy) is 2. The predicted octanol–water partition coefficient (Wildman–Crippen LogP) is 3.46. The summed E-state index contributed by atoms with van der Waals surface area (Å²) in [6.07, 6.45) is 2.71. The van der Waals surface area contributed by atoms with E-state index in [0.29, 0.717) is 22.9 Å². The van der Waals surface area contributed by atoms with Gasteiger partial charge in [0.1, 0.15) is 24.1 Å². The number of hydrogen-bond acceptors (Lipinski definition) is 6. The number of anilines is 1. The molecule has 0 heterocycles. The third-order valence-corrected chi connectivity index (χ3v) is 6.93. The van der Waals surface area contributed by atoms with Crippen LogP contribution in [0.3, 0.4) is 0 Å². The summed E-state index contributed by atoms with van der Waals surface area (Å²) in [5, 5.41) is 3.32.